The molecule has 0 aliphatic rings. The fourth-order valence-corrected chi connectivity index (χ4v) is 1.21. The maximum absolute atomic E-state index is 6.00. The van der Waals surface area contributed by atoms with Gasteiger partial charge < -0.3 is 11.1 Å². The summed E-state index contributed by atoms with van der Waals surface area (Å²) >= 11 is 6.00. The molecule has 0 heterocycles. The van der Waals surface area contributed by atoms with Gasteiger partial charge in [0.1, 0.15) is 0 Å². The molecule has 3 N–H and O–H groups in total. The minimum atomic E-state index is 0.0964. The summed E-state index contributed by atoms with van der Waals surface area (Å²) in [6.45, 7) is 5.73. The first-order valence-electron chi connectivity index (χ1n) is 4.74. The lowest BCUT2D eigenvalue weighted by molar-refractivity contribution is 0.405. The summed E-state index contributed by atoms with van der Waals surface area (Å²) in [7, 11) is 0. The van der Waals surface area contributed by atoms with E-state index in [1.54, 1.807) is 0 Å². The van der Waals surface area contributed by atoms with E-state index >= 15 is 0 Å². The summed E-state index contributed by atoms with van der Waals surface area (Å²) in [6.07, 6.45) is 0. The van der Waals surface area contributed by atoms with Gasteiger partial charge in [0.15, 0.2) is 0 Å². The van der Waals surface area contributed by atoms with Crippen LogP contribution in [0.3, 0.4) is 0 Å². The van der Waals surface area contributed by atoms with Crippen LogP contribution < -0.4 is 11.1 Å². The lowest BCUT2D eigenvalue weighted by atomic mass is 9.94. The predicted molar refractivity (Wildman–Crippen MR) is 62.8 cm³/mol. The van der Waals surface area contributed by atoms with E-state index in [2.05, 4.69) is 19.2 Å². The van der Waals surface area contributed by atoms with Gasteiger partial charge >= 0.3 is 0 Å². The van der Waals surface area contributed by atoms with E-state index in [1.165, 1.54) is 0 Å². The molecule has 1 aromatic rings. The molecule has 14 heavy (non-hydrogen) atoms. The molecule has 0 spiro atoms. The van der Waals surface area contributed by atoms with Gasteiger partial charge in [-0.1, -0.05) is 37.6 Å². The number of rotatable bonds is 4. The molecule has 0 atom stereocenters. The van der Waals surface area contributed by atoms with Crippen molar-refractivity contribution in [3.8, 4) is 0 Å². The van der Waals surface area contributed by atoms with Gasteiger partial charge in [-0.2, -0.15) is 0 Å². The number of halogens is 1. The second-order valence-electron chi connectivity index (χ2n) is 4.20. The van der Waals surface area contributed by atoms with Gasteiger partial charge in [0.2, 0.25) is 0 Å². The Hall–Kier alpha value is -0.730. The molecule has 0 aliphatic heterocycles. The summed E-state index contributed by atoms with van der Waals surface area (Å²) < 4.78 is 0. The Bertz CT molecular complexity index is 297. The summed E-state index contributed by atoms with van der Waals surface area (Å²) in [4.78, 5) is 0. The van der Waals surface area contributed by atoms with Crippen molar-refractivity contribution in [2.75, 3.05) is 18.4 Å². The third kappa shape index (κ3) is 3.20. The van der Waals surface area contributed by atoms with Crippen LogP contribution in [0, 0.1) is 5.41 Å². The van der Waals surface area contributed by atoms with Crippen molar-refractivity contribution in [2.45, 2.75) is 13.8 Å². The van der Waals surface area contributed by atoms with Gasteiger partial charge in [0, 0.05) is 6.54 Å². The SMILES string of the molecule is CC(C)(CN)CNc1ccccc1Cl. The molecule has 0 saturated heterocycles. The number of nitrogens with two attached hydrogens (primary N) is 1. The number of benzene rings is 1. The van der Waals surface area contributed by atoms with Crippen LogP contribution in [0.4, 0.5) is 5.69 Å². The minimum absolute atomic E-state index is 0.0964. The Labute approximate surface area is 90.4 Å². The maximum atomic E-state index is 6.00. The fraction of sp³-hybridized carbons (Fsp3) is 0.455. The Morgan fingerprint density at radius 2 is 2.00 bits per heavy atom. The topological polar surface area (TPSA) is 38.0 Å². The minimum Gasteiger partial charge on any atom is -0.383 e. The molecule has 0 radical (unpaired) electrons. The quantitative estimate of drug-likeness (QED) is 0.806. The van der Waals surface area contributed by atoms with Crippen LogP contribution >= 0.6 is 11.6 Å². The highest BCUT2D eigenvalue weighted by atomic mass is 35.5. The zero-order valence-corrected chi connectivity index (χ0v) is 9.43. The van der Waals surface area contributed by atoms with Crippen molar-refractivity contribution >= 4 is 17.3 Å². The van der Waals surface area contributed by atoms with Crippen molar-refractivity contribution in [2.24, 2.45) is 11.1 Å². The molecular weight excluding hydrogens is 196 g/mol. The van der Waals surface area contributed by atoms with Crippen molar-refractivity contribution in [1.82, 2.24) is 0 Å². The van der Waals surface area contributed by atoms with Crippen LogP contribution in [0.25, 0.3) is 0 Å². The lowest BCUT2D eigenvalue weighted by Gasteiger charge is -2.23. The molecule has 0 aromatic heterocycles. The van der Waals surface area contributed by atoms with Crippen molar-refractivity contribution < 1.29 is 0 Å². The first kappa shape index (κ1) is 11.3. The van der Waals surface area contributed by atoms with Crippen LogP contribution in [-0.4, -0.2) is 13.1 Å². The summed E-state index contributed by atoms with van der Waals surface area (Å²) in [5, 5.41) is 4.04. The van der Waals surface area contributed by atoms with Gasteiger partial charge in [-0.15, -0.1) is 0 Å². The summed E-state index contributed by atoms with van der Waals surface area (Å²) in [5.41, 5.74) is 6.70. The van der Waals surface area contributed by atoms with Crippen molar-refractivity contribution in [1.29, 1.82) is 0 Å². The van der Waals surface area contributed by atoms with Gasteiger partial charge in [-0.3, -0.25) is 0 Å². The normalized spacial score (nSPS) is 11.4. The van der Waals surface area contributed by atoms with Gasteiger partial charge in [0.25, 0.3) is 0 Å². The van der Waals surface area contributed by atoms with E-state index in [1.807, 2.05) is 24.3 Å². The maximum Gasteiger partial charge on any atom is 0.0637 e. The molecule has 1 aromatic carbocycles. The van der Waals surface area contributed by atoms with Crippen LogP contribution in [0.2, 0.25) is 5.02 Å². The first-order valence-corrected chi connectivity index (χ1v) is 5.11. The number of hydrogen-bond donors (Lipinski definition) is 2. The molecule has 2 nitrogen and oxygen atoms in total. The Balaban J connectivity index is 2.58. The monoisotopic (exact) mass is 212 g/mol. The smallest absolute Gasteiger partial charge is 0.0637 e. The Morgan fingerprint density at radius 1 is 1.36 bits per heavy atom. The van der Waals surface area contributed by atoms with Crippen LogP contribution in [0.15, 0.2) is 24.3 Å². The van der Waals surface area contributed by atoms with E-state index in [9.17, 15) is 0 Å². The van der Waals surface area contributed by atoms with Gasteiger partial charge in [-0.25, -0.2) is 0 Å². The van der Waals surface area contributed by atoms with Crippen LogP contribution in [-0.2, 0) is 0 Å². The lowest BCUT2D eigenvalue weighted by Crippen LogP contribution is -2.31. The Kier molecular flexibility index (Phi) is 3.78. The van der Waals surface area contributed by atoms with E-state index in [4.69, 9.17) is 17.3 Å². The summed E-state index contributed by atoms with van der Waals surface area (Å²) in [6, 6.07) is 7.72. The van der Waals surface area contributed by atoms with Gasteiger partial charge in [0.05, 0.1) is 10.7 Å². The first-order chi connectivity index (χ1) is 6.55. The number of anilines is 1. The highest BCUT2D eigenvalue weighted by Crippen LogP contribution is 2.22. The zero-order chi connectivity index (χ0) is 10.6. The van der Waals surface area contributed by atoms with E-state index in [0.717, 1.165) is 17.3 Å². The zero-order valence-electron chi connectivity index (χ0n) is 8.68. The molecule has 0 bridgehead atoms. The average Bonchev–Trinajstić information content (AvgIpc) is 2.17. The second-order valence-corrected chi connectivity index (χ2v) is 4.61. The van der Waals surface area contributed by atoms with E-state index in [-0.39, 0.29) is 5.41 Å². The highest BCUT2D eigenvalue weighted by Gasteiger charge is 2.15. The molecular formula is C11H17ClN2. The molecule has 0 saturated carbocycles. The molecule has 1 rings (SSSR count). The van der Waals surface area contributed by atoms with E-state index in [0.29, 0.717) is 6.54 Å². The number of para-hydroxylation sites is 1. The predicted octanol–water partition coefficient (Wildman–Crippen LogP) is 2.74. The number of hydrogen-bond acceptors (Lipinski definition) is 2. The molecule has 0 unspecified atom stereocenters. The molecule has 0 aliphatic carbocycles. The standard InChI is InChI=1S/C11H17ClN2/c1-11(2,7-13)8-14-10-6-4-3-5-9(10)12/h3-6,14H,7-8,13H2,1-2H3. The molecule has 0 amide bonds. The third-order valence-electron chi connectivity index (χ3n) is 2.18. The highest BCUT2D eigenvalue weighted by molar-refractivity contribution is 6.33. The Morgan fingerprint density at radius 3 is 2.57 bits per heavy atom. The summed E-state index contributed by atoms with van der Waals surface area (Å²) in [5.74, 6) is 0. The van der Waals surface area contributed by atoms with E-state index < -0.39 is 0 Å². The van der Waals surface area contributed by atoms with Crippen LogP contribution in [0.5, 0.6) is 0 Å². The molecule has 78 valence electrons. The molecule has 0 fully saturated rings. The van der Waals surface area contributed by atoms with Crippen LogP contribution in [0.1, 0.15) is 13.8 Å². The second kappa shape index (κ2) is 4.67. The largest absolute Gasteiger partial charge is 0.383 e. The van der Waals surface area contributed by atoms with Crippen molar-refractivity contribution in [3.63, 3.8) is 0 Å². The van der Waals surface area contributed by atoms with Crippen molar-refractivity contribution in [3.05, 3.63) is 29.3 Å². The third-order valence-corrected chi connectivity index (χ3v) is 2.51. The van der Waals surface area contributed by atoms with Gasteiger partial charge in [-0.05, 0) is 24.1 Å². The fourth-order valence-electron chi connectivity index (χ4n) is 1.01. The molecule has 3 heteroatoms. The number of nitrogens with one attached hydrogen (secondary N) is 1. The average molecular weight is 213 g/mol.